The van der Waals surface area contributed by atoms with Crippen molar-refractivity contribution in [1.82, 2.24) is 0 Å². The summed E-state index contributed by atoms with van der Waals surface area (Å²) in [5.41, 5.74) is 0.152. The van der Waals surface area contributed by atoms with Crippen LogP contribution in [0.3, 0.4) is 0 Å². The molecule has 0 radical (unpaired) electrons. The number of benzene rings is 1. The predicted molar refractivity (Wildman–Crippen MR) is 69.2 cm³/mol. The molecular weight excluding hydrogens is 276 g/mol. The smallest absolute Gasteiger partial charge is 0.341 e. The molecule has 1 N–H and O–H groups in total. The van der Waals surface area contributed by atoms with Crippen molar-refractivity contribution >= 4 is 15.5 Å². The Hall–Kier alpha value is -1.21. The van der Waals surface area contributed by atoms with Gasteiger partial charge in [0.1, 0.15) is 0 Å². The number of nitrogens with one attached hydrogen (secondary N) is 1. The predicted octanol–water partition coefficient (Wildman–Crippen LogP) is 2.52. The third kappa shape index (κ3) is 3.63. The molecule has 0 amide bonds. The summed E-state index contributed by atoms with van der Waals surface area (Å²) in [4.78, 5) is -0.403. The highest BCUT2D eigenvalue weighted by Crippen LogP contribution is 2.26. The van der Waals surface area contributed by atoms with E-state index < -0.39 is 20.5 Å². The average Bonchev–Trinajstić information content (AvgIpc) is 2.37. The molecule has 0 aliphatic carbocycles. The van der Waals surface area contributed by atoms with Gasteiger partial charge < -0.3 is 10.1 Å². The monoisotopic (exact) mass is 293 g/mol. The molecule has 19 heavy (non-hydrogen) atoms. The number of hydrogen-bond acceptors (Lipinski definition) is 4. The van der Waals surface area contributed by atoms with E-state index in [0.29, 0.717) is 0 Å². The number of halogens is 2. The Balaban J connectivity index is 3.11. The van der Waals surface area contributed by atoms with Gasteiger partial charge in [-0.25, -0.2) is 8.42 Å². The molecule has 1 rings (SSSR count). The fourth-order valence-corrected chi connectivity index (χ4v) is 2.39. The van der Waals surface area contributed by atoms with Crippen LogP contribution in [0.5, 0.6) is 0 Å². The molecule has 0 aliphatic heterocycles. The highest BCUT2D eigenvalue weighted by Gasteiger charge is 2.29. The number of methoxy groups -OCH3 is 1. The average molecular weight is 293 g/mol. The van der Waals surface area contributed by atoms with Gasteiger partial charge in [0.2, 0.25) is 9.84 Å². The minimum absolute atomic E-state index is 0.152. The van der Waals surface area contributed by atoms with E-state index in [-0.39, 0.29) is 17.8 Å². The third-order valence-electron chi connectivity index (χ3n) is 2.89. The molecule has 0 saturated heterocycles. The maximum atomic E-state index is 12.6. The summed E-state index contributed by atoms with van der Waals surface area (Å²) in [6, 6.07) is 5.38. The van der Waals surface area contributed by atoms with Crippen LogP contribution in [-0.2, 0) is 14.6 Å². The van der Waals surface area contributed by atoms with Crippen molar-refractivity contribution in [3.05, 3.63) is 24.3 Å². The molecule has 7 heteroatoms. The van der Waals surface area contributed by atoms with Crippen molar-refractivity contribution in [2.75, 3.05) is 12.4 Å². The first-order chi connectivity index (χ1) is 8.80. The molecule has 2 unspecified atom stereocenters. The van der Waals surface area contributed by atoms with E-state index in [1.54, 1.807) is 19.9 Å². The van der Waals surface area contributed by atoms with Crippen LogP contribution < -0.4 is 5.32 Å². The van der Waals surface area contributed by atoms with Crippen LogP contribution in [0.4, 0.5) is 14.5 Å². The van der Waals surface area contributed by atoms with Crippen molar-refractivity contribution in [1.29, 1.82) is 0 Å². The van der Waals surface area contributed by atoms with Crippen LogP contribution in [0.15, 0.2) is 29.2 Å². The summed E-state index contributed by atoms with van der Waals surface area (Å²) >= 11 is 0. The van der Waals surface area contributed by atoms with E-state index in [9.17, 15) is 17.2 Å². The molecule has 2 atom stereocenters. The van der Waals surface area contributed by atoms with Gasteiger partial charge >= 0.3 is 5.76 Å². The summed E-state index contributed by atoms with van der Waals surface area (Å²) in [6.07, 6.45) is -0.192. The number of hydrogen-bond donors (Lipinski definition) is 1. The molecule has 0 fully saturated rings. The van der Waals surface area contributed by atoms with Crippen LogP contribution in [0.1, 0.15) is 13.8 Å². The first-order valence-corrected chi connectivity index (χ1v) is 7.25. The van der Waals surface area contributed by atoms with Gasteiger partial charge in [0.05, 0.1) is 16.7 Å². The Morgan fingerprint density at radius 3 is 2.32 bits per heavy atom. The second-order valence-corrected chi connectivity index (χ2v) is 6.06. The normalized spacial score (nSPS) is 15.3. The van der Waals surface area contributed by atoms with E-state index >= 15 is 0 Å². The highest BCUT2D eigenvalue weighted by atomic mass is 32.2. The Bertz CT molecular complexity index is 519. The number of rotatable bonds is 6. The fourth-order valence-electron chi connectivity index (χ4n) is 1.50. The first kappa shape index (κ1) is 15.8. The van der Waals surface area contributed by atoms with Crippen LogP contribution >= 0.6 is 0 Å². The van der Waals surface area contributed by atoms with Crippen LogP contribution in [-0.4, -0.2) is 33.4 Å². The zero-order chi connectivity index (χ0) is 14.6. The quantitative estimate of drug-likeness (QED) is 0.875. The molecule has 108 valence electrons. The maximum absolute atomic E-state index is 12.6. The lowest BCUT2D eigenvalue weighted by Crippen LogP contribution is -2.30. The van der Waals surface area contributed by atoms with Crippen molar-refractivity contribution in [2.45, 2.75) is 36.6 Å². The number of sulfone groups is 1. The largest absolute Gasteiger partial charge is 0.380 e. The lowest BCUT2D eigenvalue weighted by Gasteiger charge is -2.22. The highest BCUT2D eigenvalue weighted by molar-refractivity contribution is 7.91. The zero-order valence-electron chi connectivity index (χ0n) is 10.9. The number of anilines is 1. The zero-order valence-corrected chi connectivity index (χ0v) is 11.7. The van der Waals surface area contributed by atoms with Crippen LogP contribution in [0.25, 0.3) is 0 Å². The van der Waals surface area contributed by atoms with Gasteiger partial charge in [0.25, 0.3) is 0 Å². The molecule has 1 aromatic carbocycles. The molecule has 0 bridgehead atoms. The minimum Gasteiger partial charge on any atom is -0.380 e. The number of ether oxygens (including phenoxy) is 1. The topological polar surface area (TPSA) is 55.4 Å². The Labute approximate surface area is 111 Å². The van der Waals surface area contributed by atoms with Crippen molar-refractivity contribution in [2.24, 2.45) is 0 Å². The standard InChI is InChI=1S/C12H17F2NO3S/c1-8(9(2)18-3)15-10-6-4-5-7-11(10)19(16,17)12(13)14/h4-9,12,15H,1-3H3. The fraction of sp³-hybridized carbons (Fsp3) is 0.500. The molecule has 0 heterocycles. The SMILES string of the molecule is COC(C)C(C)Nc1ccccc1S(=O)(=O)C(F)F. The van der Waals surface area contributed by atoms with Gasteiger partial charge in [0, 0.05) is 13.2 Å². The van der Waals surface area contributed by atoms with Crippen molar-refractivity contribution in [3.8, 4) is 0 Å². The second-order valence-electron chi connectivity index (χ2n) is 4.18. The van der Waals surface area contributed by atoms with E-state index in [2.05, 4.69) is 5.32 Å². The van der Waals surface area contributed by atoms with Crippen molar-refractivity contribution in [3.63, 3.8) is 0 Å². The summed E-state index contributed by atoms with van der Waals surface area (Å²) in [5.74, 6) is -3.44. The number of alkyl halides is 2. The van der Waals surface area contributed by atoms with E-state index in [0.717, 1.165) is 6.07 Å². The van der Waals surface area contributed by atoms with Crippen LogP contribution in [0.2, 0.25) is 0 Å². The summed E-state index contributed by atoms with van der Waals surface area (Å²) in [6.45, 7) is 3.57. The maximum Gasteiger partial charge on any atom is 0.341 e. The second kappa shape index (κ2) is 6.29. The Kier molecular flexibility index (Phi) is 5.25. The molecule has 0 aromatic heterocycles. The lowest BCUT2D eigenvalue weighted by atomic mass is 10.2. The van der Waals surface area contributed by atoms with Crippen molar-refractivity contribution < 1.29 is 21.9 Å². The lowest BCUT2D eigenvalue weighted by molar-refractivity contribution is 0.106. The van der Waals surface area contributed by atoms with Gasteiger partial charge in [0.15, 0.2) is 0 Å². The molecule has 0 spiro atoms. The van der Waals surface area contributed by atoms with Gasteiger partial charge in [-0.05, 0) is 26.0 Å². The van der Waals surface area contributed by atoms with Gasteiger partial charge in [-0.15, -0.1) is 0 Å². The van der Waals surface area contributed by atoms with E-state index in [1.165, 1.54) is 19.2 Å². The summed E-state index contributed by atoms with van der Waals surface area (Å²) in [7, 11) is -3.10. The Morgan fingerprint density at radius 1 is 1.21 bits per heavy atom. The third-order valence-corrected chi connectivity index (χ3v) is 4.33. The summed E-state index contributed by atoms with van der Waals surface area (Å²) < 4.78 is 53.4. The molecule has 4 nitrogen and oxygen atoms in total. The first-order valence-electron chi connectivity index (χ1n) is 5.71. The Morgan fingerprint density at radius 2 is 1.79 bits per heavy atom. The van der Waals surface area contributed by atoms with Gasteiger partial charge in [-0.3, -0.25) is 0 Å². The summed E-state index contributed by atoms with van der Waals surface area (Å²) in [5, 5.41) is 2.88. The molecular formula is C12H17F2NO3S. The van der Waals surface area contributed by atoms with E-state index in [1.807, 2.05) is 0 Å². The van der Waals surface area contributed by atoms with E-state index in [4.69, 9.17) is 4.74 Å². The minimum atomic E-state index is -4.62. The molecule has 1 aromatic rings. The number of para-hydroxylation sites is 1. The molecule has 0 saturated carbocycles. The van der Waals surface area contributed by atoms with Crippen LogP contribution in [0, 0.1) is 0 Å². The van der Waals surface area contributed by atoms with Gasteiger partial charge in [-0.2, -0.15) is 8.78 Å². The van der Waals surface area contributed by atoms with Gasteiger partial charge in [-0.1, -0.05) is 12.1 Å². The molecule has 0 aliphatic rings.